The average molecular weight is 308 g/mol. The molecule has 0 heterocycles. The minimum absolute atomic E-state index is 0.224. The van der Waals surface area contributed by atoms with Gasteiger partial charge < -0.3 is 5.32 Å². The third-order valence-corrected chi connectivity index (χ3v) is 3.96. The lowest BCUT2D eigenvalue weighted by Gasteiger charge is -2.05. The van der Waals surface area contributed by atoms with Crippen LogP contribution in [0.1, 0.15) is 12.5 Å². The van der Waals surface area contributed by atoms with Gasteiger partial charge in [0.1, 0.15) is 5.82 Å². The standard InChI is InChI=1S/C11H15BrFNOS/c1-2-16(15)6-5-14-8-9-3-4-10(12)7-11(9)13/h3-4,7,14H,2,5-6,8H2,1H3. The summed E-state index contributed by atoms with van der Waals surface area (Å²) < 4.78 is 25.2. The normalized spacial score (nSPS) is 12.7. The van der Waals surface area contributed by atoms with Crippen molar-refractivity contribution in [2.75, 3.05) is 18.1 Å². The van der Waals surface area contributed by atoms with E-state index in [-0.39, 0.29) is 5.82 Å². The summed E-state index contributed by atoms with van der Waals surface area (Å²) in [5.41, 5.74) is 0.630. The van der Waals surface area contributed by atoms with Crippen LogP contribution in [0.5, 0.6) is 0 Å². The Labute approximate surface area is 106 Å². The molecule has 0 aliphatic carbocycles. The van der Waals surface area contributed by atoms with Crippen molar-refractivity contribution in [3.05, 3.63) is 34.1 Å². The number of hydrogen-bond acceptors (Lipinski definition) is 2. The highest BCUT2D eigenvalue weighted by Gasteiger charge is 2.02. The number of benzene rings is 1. The topological polar surface area (TPSA) is 29.1 Å². The highest BCUT2D eigenvalue weighted by molar-refractivity contribution is 9.10. The lowest BCUT2D eigenvalue weighted by Crippen LogP contribution is -2.21. The summed E-state index contributed by atoms with van der Waals surface area (Å²) in [6, 6.07) is 4.99. The van der Waals surface area contributed by atoms with Crippen molar-refractivity contribution < 1.29 is 8.60 Å². The molecular formula is C11H15BrFNOS. The summed E-state index contributed by atoms with van der Waals surface area (Å²) in [5.74, 6) is 1.07. The molecule has 1 unspecified atom stereocenters. The molecule has 0 aromatic heterocycles. The van der Waals surface area contributed by atoms with Crippen LogP contribution in [0.25, 0.3) is 0 Å². The molecule has 0 fully saturated rings. The van der Waals surface area contributed by atoms with Crippen LogP contribution in [0.2, 0.25) is 0 Å². The summed E-state index contributed by atoms with van der Waals surface area (Å²) in [7, 11) is -0.758. The minimum atomic E-state index is -0.758. The Morgan fingerprint density at radius 3 is 2.88 bits per heavy atom. The van der Waals surface area contributed by atoms with E-state index < -0.39 is 10.8 Å². The van der Waals surface area contributed by atoms with Crippen LogP contribution in [-0.2, 0) is 17.3 Å². The SMILES string of the molecule is CCS(=O)CCNCc1ccc(Br)cc1F. The van der Waals surface area contributed by atoms with Crippen molar-refractivity contribution in [2.45, 2.75) is 13.5 Å². The maximum Gasteiger partial charge on any atom is 0.128 e. The second-order valence-electron chi connectivity index (χ2n) is 3.35. The zero-order chi connectivity index (χ0) is 12.0. The van der Waals surface area contributed by atoms with E-state index in [0.29, 0.717) is 30.2 Å². The predicted molar refractivity (Wildman–Crippen MR) is 69.4 cm³/mol. The summed E-state index contributed by atoms with van der Waals surface area (Å²) in [6.45, 7) is 3.01. The lowest BCUT2D eigenvalue weighted by atomic mass is 10.2. The average Bonchev–Trinajstić information content (AvgIpc) is 2.26. The quantitative estimate of drug-likeness (QED) is 0.818. The Morgan fingerprint density at radius 1 is 1.50 bits per heavy atom. The molecular weight excluding hydrogens is 293 g/mol. The number of hydrogen-bond donors (Lipinski definition) is 1. The molecule has 0 radical (unpaired) electrons. The molecule has 0 aliphatic rings. The number of nitrogens with one attached hydrogen (secondary N) is 1. The first-order valence-corrected chi connectivity index (χ1v) is 7.41. The van der Waals surface area contributed by atoms with Crippen molar-refractivity contribution in [1.82, 2.24) is 5.32 Å². The molecule has 1 atom stereocenters. The Morgan fingerprint density at radius 2 is 2.25 bits per heavy atom. The van der Waals surface area contributed by atoms with Gasteiger partial charge in [-0.3, -0.25) is 4.21 Å². The summed E-state index contributed by atoms with van der Waals surface area (Å²) >= 11 is 3.21. The molecule has 0 spiro atoms. The van der Waals surface area contributed by atoms with Crippen LogP contribution >= 0.6 is 15.9 Å². The highest BCUT2D eigenvalue weighted by Crippen LogP contribution is 2.14. The van der Waals surface area contributed by atoms with Gasteiger partial charge in [-0.25, -0.2) is 4.39 Å². The van der Waals surface area contributed by atoms with Gasteiger partial charge in [-0.15, -0.1) is 0 Å². The van der Waals surface area contributed by atoms with Crippen molar-refractivity contribution in [3.63, 3.8) is 0 Å². The largest absolute Gasteiger partial charge is 0.312 e. The Bertz CT molecular complexity index is 373. The number of rotatable bonds is 6. The van der Waals surface area contributed by atoms with Gasteiger partial charge in [-0.2, -0.15) is 0 Å². The molecule has 90 valence electrons. The van der Waals surface area contributed by atoms with Gasteiger partial charge in [-0.1, -0.05) is 28.9 Å². The summed E-state index contributed by atoms with van der Waals surface area (Å²) in [4.78, 5) is 0. The second-order valence-corrected chi connectivity index (χ2v) is 6.13. The van der Waals surface area contributed by atoms with E-state index >= 15 is 0 Å². The molecule has 1 rings (SSSR count). The van der Waals surface area contributed by atoms with Crippen LogP contribution in [-0.4, -0.2) is 22.3 Å². The van der Waals surface area contributed by atoms with E-state index in [1.54, 1.807) is 6.07 Å². The fraction of sp³-hybridized carbons (Fsp3) is 0.455. The maximum absolute atomic E-state index is 13.4. The van der Waals surface area contributed by atoms with Crippen molar-refractivity contribution in [1.29, 1.82) is 0 Å². The molecule has 1 aromatic rings. The fourth-order valence-electron chi connectivity index (χ4n) is 1.22. The van der Waals surface area contributed by atoms with Gasteiger partial charge in [0.2, 0.25) is 0 Å². The third kappa shape index (κ3) is 4.72. The second kappa shape index (κ2) is 7.14. The van der Waals surface area contributed by atoms with E-state index in [1.807, 2.05) is 13.0 Å². The predicted octanol–water partition coefficient (Wildman–Crippen LogP) is 2.45. The van der Waals surface area contributed by atoms with Crippen molar-refractivity contribution >= 4 is 26.7 Å². The van der Waals surface area contributed by atoms with Crippen LogP contribution in [0.4, 0.5) is 4.39 Å². The van der Waals surface area contributed by atoms with Crippen LogP contribution in [0.3, 0.4) is 0 Å². The first kappa shape index (κ1) is 13.8. The third-order valence-electron chi connectivity index (χ3n) is 2.16. The van der Waals surface area contributed by atoms with Gasteiger partial charge in [0.05, 0.1) is 0 Å². The fourth-order valence-corrected chi connectivity index (χ4v) is 2.21. The maximum atomic E-state index is 13.4. The van der Waals surface area contributed by atoms with Gasteiger partial charge >= 0.3 is 0 Å². The van der Waals surface area contributed by atoms with E-state index in [4.69, 9.17) is 0 Å². The summed E-state index contributed by atoms with van der Waals surface area (Å²) in [6.07, 6.45) is 0. The summed E-state index contributed by atoms with van der Waals surface area (Å²) in [5, 5.41) is 3.08. The zero-order valence-corrected chi connectivity index (χ0v) is 11.5. The Hall–Kier alpha value is -0.260. The van der Waals surface area contributed by atoms with E-state index in [2.05, 4.69) is 21.2 Å². The van der Waals surface area contributed by atoms with Crippen LogP contribution < -0.4 is 5.32 Å². The molecule has 0 amide bonds. The number of halogens is 2. The van der Waals surface area contributed by atoms with Crippen molar-refractivity contribution in [3.8, 4) is 0 Å². The molecule has 0 saturated heterocycles. The molecule has 1 aromatic carbocycles. The molecule has 16 heavy (non-hydrogen) atoms. The zero-order valence-electron chi connectivity index (χ0n) is 9.13. The Kier molecular flexibility index (Phi) is 6.16. The van der Waals surface area contributed by atoms with Crippen LogP contribution in [0, 0.1) is 5.82 Å². The first-order chi connectivity index (χ1) is 7.63. The van der Waals surface area contributed by atoms with E-state index in [0.717, 1.165) is 4.47 Å². The molecule has 0 saturated carbocycles. The monoisotopic (exact) mass is 307 g/mol. The molecule has 0 aliphatic heterocycles. The molecule has 5 heteroatoms. The minimum Gasteiger partial charge on any atom is -0.312 e. The smallest absolute Gasteiger partial charge is 0.128 e. The van der Waals surface area contributed by atoms with Gasteiger partial charge in [0.15, 0.2) is 0 Å². The molecule has 0 bridgehead atoms. The van der Waals surface area contributed by atoms with E-state index in [1.165, 1.54) is 6.07 Å². The highest BCUT2D eigenvalue weighted by atomic mass is 79.9. The lowest BCUT2D eigenvalue weighted by molar-refractivity contribution is 0.592. The van der Waals surface area contributed by atoms with Crippen molar-refractivity contribution in [2.24, 2.45) is 0 Å². The first-order valence-electron chi connectivity index (χ1n) is 5.13. The van der Waals surface area contributed by atoms with E-state index in [9.17, 15) is 8.60 Å². The van der Waals surface area contributed by atoms with Gasteiger partial charge in [0.25, 0.3) is 0 Å². The Balaban J connectivity index is 2.35. The van der Waals surface area contributed by atoms with Gasteiger partial charge in [-0.05, 0) is 12.1 Å². The van der Waals surface area contributed by atoms with Crippen LogP contribution in [0.15, 0.2) is 22.7 Å². The molecule has 1 N–H and O–H groups in total. The van der Waals surface area contributed by atoms with Gasteiger partial charge in [0, 0.05) is 45.4 Å². The molecule has 2 nitrogen and oxygen atoms in total.